The Kier molecular flexibility index (Phi) is 4.44. The third-order valence-corrected chi connectivity index (χ3v) is 3.35. The van der Waals surface area contributed by atoms with Gasteiger partial charge in [0.15, 0.2) is 11.4 Å². The standard InChI is InChI=1S/C14H16BrN3O2/c1-4-20-12-8-16-18(3)13(12)14(19)17-11-6-5-10(15)7-9(11)2/h5-8H,4H2,1-3H3,(H,17,19). The van der Waals surface area contributed by atoms with Crippen LogP contribution in [0, 0.1) is 6.92 Å². The van der Waals surface area contributed by atoms with Crippen molar-refractivity contribution < 1.29 is 9.53 Å². The molecule has 0 aliphatic carbocycles. The summed E-state index contributed by atoms with van der Waals surface area (Å²) in [7, 11) is 1.71. The number of amides is 1. The van der Waals surface area contributed by atoms with Crippen LogP contribution in [-0.4, -0.2) is 22.3 Å². The van der Waals surface area contributed by atoms with Crippen molar-refractivity contribution in [1.29, 1.82) is 0 Å². The highest BCUT2D eigenvalue weighted by molar-refractivity contribution is 9.10. The first-order valence-corrected chi connectivity index (χ1v) is 7.04. The molecule has 6 heteroatoms. The number of ether oxygens (including phenoxy) is 1. The van der Waals surface area contributed by atoms with Crippen LogP contribution in [0.25, 0.3) is 0 Å². The zero-order chi connectivity index (χ0) is 14.7. The highest BCUT2D eigenvalue weighted by Gasteiger charge is 2.18. The molecule has 1 N–H and O–H groups in total. The molecule has 0 bridgehead atoms. The van der Waals surface area contributed by atoms with Gasteiger partial charge in [-0.3, -0.25) is 9.48 Å². The predicted molar refractivity (Wildman–Crippen MR) is 81.2 cm³/mol. The predicted octanol–water partition coefficient (Wildman–Crippen LogP) is 3.14. The second kappa shape index (κ2) is 6.09. The number of rotatable bonds is 4. The lowest BCUT2D eigenvalue weighted by Gasteiger charge is -2.10. The van der Waals surface area contributed by atoms with E-state index in [-0.39, 0.29) is 5.91 Å². The number of halogens is 1. The molecule has 20 heavy (non-hydrogen) atoms. The summed E-state index contributed by atoms with van der Waals surface area (Å²) < 4.78 is 7.90. The van der Waals surface area contributed by atoms with Crippen molar-refractivity contribution >= 4 is 27.5 Å². The molecule has 0 unspecified atom stereocenters. The van der Waals surface area contributed by atoms with Gasteiger partial charge in [-0.25, -0.2) is 0 Å². The molecule has 5 nitrogen and oxygen atoms in total. The van der Waals surface area contributed by atoms with Crippen molar-refractivity contribution in [3.8, 4) is 5.75 Å². The summed E-state index contributed by atoms with van der Waals surface area (Å²) in [6, 6.07) is 5.69. The van der Waals surface area contributed by atoms with E-state index >= 15 is 0 Å². The lowest BCUT2D eigenvalue weighted by atomic mass is 10.2. The molecular formula is C14H16BrN3O2. The Hall–Kier alpha value is -1.82. The Balaban J connectivity index is 2.26. The summed E-state index contributed by atoms with van der Waals surface area (Å²) in [5, 5.41) is 6.94. The van der Waals surface area contributed by atoms with Gasteiger partial charge in [0.2, 0.25) is 0 Å². The minimum absolute atomic E-state index is 0.237. The zero-order valence-corrected chi connectivity index (χ0v) is 13.2. The normalized spacial score (nSPS) is 10.4. The van der Waals surface area contributed by atoms with Crippen LogP contribution in [0.1, 0.15) is 23.0 Å². The van der Waals surface area contributed by atoms with Crippen LogP contribution < -0.4 is 10.1 Å². The molecule has 0 atom stereocenters. The SMILES string of the molecule is CCOc1cnn(C)c1C(=O)Nc1ccc(Br)cc1C. The Morgan fingerprint density at radius 1 is 1.50 bits per heavy atom. The molecule has 1 aromatic carbocycles. The topological polar surface area (TPSA) is 56.2 Å². The van der Waals surface area contributed by atoms with E-state index in [9.17, 15) is 4.79 Å². The molecule has 2 aromatic rings. The Labute approximate surface area is 126 Å². The minimum Gasteiger partial charge on any atom is -0.490 e. The van der Waals surface area contributed by atoms with Gasteiger partial charge in [-0.05, 0) is 37.6 Å². The van der Waals surface area contributed by atoms with Crippen LogP contribution >= 0.6 is 15.9 Å². The van der Waals surface area contributed by atoms with E-state index in [1.165, 1.54) is 4.68 Å². The van der Waals surface area contributed by atoms with E-state index in [0.717, 1.165) is 15.7 Å². The fourth-order valence-corrected chi connectivity index (χ4v) is 2.36. The van der Waals surface area contributed by atoms with Gasteiger partial charge in [0.05, 0.1) is 12.8 Å². The van der Waals surface area contributed by atoms with E-state index in [1.54, 1.807) is 13.2 Å². The number of aryl methyl sites for hydroxylation is 2. The van der Waals surface area contributed by atoms with Crippen LogP contribution in [0.5, 0.6) is 5.75 Å². The maximum Gasteiger partial charge on any atom is 0.277 e. The second-order valence-electron chi connectivity index (χ2n) is 4.33. The van der Waals surface area contributed by atoms with Crippen molar-refractivity contribution in [1.82, 2.24) is 9.78 Å². The number of carbonyl (C=O) groups is 1. The van der Waals surface area contributed by atoms with Crippen molar-refractivity contribution in [2.75, 3.05) is 11.9 Å². The maximum atomic E-state index is 12.4. The number of nitrogens with one attached hydrogen (secondary N) is 1. The van der Waals surface area contributed by atoms with Crippen molar-refractivity contribution in [3.63, 3.8) is 0 Å². The monoisotopic (exact) mass is 337 g/mol. The molecular weight excluding hydrogens is 322 g/mol. The Bertz CT molecular complexity index is 637. The Morgan fingerprint density at radius 2 is 2.25 bits per heavy atom. The smallest absolute Gasteiger partial charge is 0.277 e. The van der Waals surface area contributed by atoms with E-state index in [0.29, 0.717) is 18.1 Å². The number of nitrogens with zero attached hydrogens (tertiary/aromatic N) is 2. The van der Waals surface area contributed by atoms with Crippen LogP contribution in [0.2, 0.25) is 0 Å². The van der Waals surface area contributed by atoms with Gasteiger partial charge in [-0.1, -0.05) is 15.9 Å². The number of carbonyl (C=O) groups excluding carboxylic acids is 1. The molecule has 1 amide bonds. The molecule has 106 valence electrons. The first-order chi connectivity index (χ1) is 9.52. The third kappa shape index (κ3) is 3.01. The highest BCUT2D eigenvalue weighted by Crippen LogP contribution is 2.23. The summed E-state index contributed by atoms with van der Waals surface area (Å²) in [5.74, 6) is 0.251. The number of anilines is 1. The Morgan fingerprint density at radius 3 is 2.90 bits per heavy atom. The van der Waals surface area contributed by atoms with Crippen LogP contribution in [0.3, 0.4) is 0 Å². The zero-order valence-electron chi connectivity index (χ0n) is 11.6. The largest absolute Gasteiger partial charge is 0.490 e. The fourth-order valence-electron chi connectivity index (χ4n) is 1.89. The molecule has 0 saturated heterocycles. The van der Waals surface area contributed by atoms with Crippen molar-refractivity contribution in [3.05, 3.63) is 40.1 Å². The summed E-state index contributed by atoms with van der Waals surface area (Å²) in [6.45, 7) is 4.30. The van der Waals surface area contributed by atoms with Gasteiger partial charge >= 0.3 is 0 Å². The average Bonchev–Trinajstić information content (AvgIpc) is 2.74. The number of hydrogen-bond acceptors (Lipinski definition) is 3. The summed E-state index contributed by atoms with van der Waals surface area (Å²) in [5.41, 5.74) is 2.16. The van der Waals surface area contributed by atoms with Crippen LogP contribution in [0.4, 0.5) is 5.69 Å². The van der Waals surface area contributed by atoms with E-state index in [1.807, 2.05) is 32.0 Å². The van der Waals surface area contributed by atoms with Crippen LogP contribution in [0.15, 0.2) is 28.9 Å². The second-order valence-corrected chi connectivity index (χ2v) is 5.24. The van der Waals surface area contributed by atoms with E-state index < -0.39 is 0 Å². The molecule has 0 radical (unpaired) electrons. The molecule has 0 fully saturated rings. The molecule has 1 heterocycles. The highest BCUT2D eigenvalue weighted by atomic mass is 79.9. The average molecular weight is 338 g/mol. The van der Waals surface area contributed by atoms with E-state index in [4.69, 9.17) is 4.74 Å². The van der Waals surface area contributed by atoms with Crippen LogP contribution in [-0.2, 0) is 7.05 Å². The third-order valence-electron chi connectivity index (χ3n) is 2.86. The molecule has 0 saturated carbocycles. The van der Waals surface area contributed by atoms with Gasteiger partial charge in [0.25, 0.3) is 5.91 Å². The lowest BCUT2D eigenvalue weighted by Crippen LogP contribution is -2.18. The van der Waals surface area contributed by atoms with Gasteiger partial charge in [-0.15, -0.1) is 0 Å². The minimum atomic E-state index is -0.237. The first kappa shape index (κ1) is 14.6. The van der Waals surface area contributed by atoms with Gasteiger partial charge in [-0.2, -0.15) is 5.10 Å². The molecule has 2 rings (SSSR count). The van der Waals surface area contributed by atoms with Gasteiger partial charge in [0, 0.05) is 17.2 Å². The molecule has 0 spiro atoms. The molecule has 0 aliphatic heterocycles. The summed E-state index contributed by atoms with van der Waals surface area (Å²) >= 11 is 3.40. The number of benzene rings is 1. The summed E-state index contributed by atoms with van der Waals surface area (Å²) in [4.78, 5) is 12.4. The lowest BCUT2D eigenvalue weighted by molar-refractivity contribution is 0.101. The number of hydrogen-bond donors (Lipinski definition) is 1. The van der Waals surface area contributed by atoms with Gasteiger partial charge < -0.3 is 10.1 Å². The first-order valence-electron chi connectivity index (χ1n) is 6.25. The molecule has 1 aromatic heterocycles. The van der Waals surface area contributed by atoms with Crippen molar-refractivity contribution in [2.45, 2.75) is 13.8 Å². The van der Waals surface area contributed by atoms with E-state index in [2.05, 4.69) is 26.3 Å². The quantitative estimate of drug-likeness (QED) is 0.932. The van der Waals surface area contributed by atoms with Crippen molar-refractivity contribution in [2.24, 2.45) is 7.05 Å². The van der Waals surface area contributed by atoms with Gasteiger partial charge in [0.1, 0.15) is 0 Å². The maximum absolute atomic E-state index is 12.4. The summed E-state index contributed by atoms with van der Waals surface area (Å²) in [6.07, 6.45) is 1.55. The molecule has 0 aliphatic rings. The fraction of sp³-hybridized carbons (Fsp3) is 0.286. The number of aromatic nitrogens is 2.